The van der Waals surface area contributed by atoms with Gasteiger partial charge >= 0.3 is 0 Å². The van der Waals surface area contributed by atoms with Crippen LogP contribution < -0.4 is 5.32 Å². The van der Waals surface area contributed by atoms with E-state index in [9.17, 15) is 0 Å². The summed E-state index contributed by atoms with van der Waals surface area (Å²) < 4.78 is 7.44. The Morgan fingerprint density at radius 3 is 2.46 bits per heavy atom. The van der Waals surface area contributed by atoms with Crippen LogP contribution in [0.4, 0.5) is 0 Å². The Morgan fingerprint density at radius 1 is 0.917 bits per heavy atom. The number of ether oxygens (including phenoxy) is 1. The van der Waals surface area contributed by atoms with E-state index in [1.807, 2.05) is 54.2 Å². The first-order valence-corrected chi connectivity index (χ1v) is 8.32. The Morgan fingerprint density at radius 2 is 1.67 bits per heavy atom. The first-order valence-electron chi connectivity index (χ1n) is 8.32. The van der Waals surface area contributed by atoms with E-state index >= 15 is 0 Å². The summed E-state index contributed by atoms with van der Waals surface area (Å²) in [5, 5.41) is 8.08. The van der Waals surface area contributed by atoms with E-state index in [1.165, 1.54) is 11.1 Å². The van der Waals surface area contributed by atoms with Gasteiger partial charge < -0.3 is 10.1 Å². The molecule has 3 rings (SSSR count). The van der Waals surface area contributed by atoms with Gasteiger partial charge in [0.2, 0.25) is 0 Å². The summed E-state index contributed by atoms with van der Waals surface area (Å²) in [4.78, 5) is 0. The van der Waals surface area contributed by atoms with Gasteiger partial charge in [0.15, 0.2) is 0 Å². The van der Waals surface area contributed by atoms with Crippen molar-refractivity contribution < 1.29 is 4.74 Å². The molecule has 0 amide bonds. The SMILES string of the molecule is CCOCc1ccccc1CNCc1ccn(-c2ccccc2)n1. The van der Waals surface area contributed by atoms with Crippen molar-refractivity contribution in [1.29, 1.82) is 0 Å². The van der Waals surface area contributed by atoms with Crippen LogP contribution in [0.1, 0.15) is 23.7 Å². The second-order valence-corrected chi connectivity index (χ2v) is 5.60. The Kier molecular flexibility index (Phi) is 5.77. The molecule has 24 heavy (non-hydrogen) atoms. The van der Waals surface area contributed by atoms with E-state index in [4.69, 9.17) is 4.74 Å². The summed E-state index contributed by atoms with van der Waals surface area (Å²) in [7, 11) is 0. The molecule has 0 aliphatic heterocycles. The van der Waals surface area contributed by atoms with Gasteiger partial charge in [-0.2, -0.15) is 5.10 Å². The molecule has 4 nitrogen and oxygen atoms in total. The highest BCUT2D eigenvalue weighted by Crippen LogP contribution is 2.11. The third kappa shape index (κ3) is 4.31. The molecule has 0 fully saturated rings. The lowest BCUT2D eigenvalue weighted by Crippen LogP contribution is -2.15. The molecule has 1 heterocycles. The van der Waals surface area contributed by atoms with E-state index in [0.29, 0.717) is 6.61 Å². The average molecular weight is 321 g/mol. The predicted molar refractivity (Wildman–Crippen MR) is 95.9 cm³/mol. The zero-order chi connectivity index (χ0) is 16.6. The van der Waals surface area contributed by atoms with Gasteiger partial charge in [0.25, 0.3) is 0 Å². The van der Waals surface area contributed by atoms with Crippen LogP contribution in [0.15, 0.2) is 66.9 Å². The van der Waals surface area contributed by atoms with Crippen molar-refractivity contribution in [1.82, 2.24) is 15.1 Å². The molecule has 1 N–H and O–H groups in total. The minimum Gasteiger partial charge on any atom is -0.377 e. The summed E-state index contributed by atoms with van der Waals surface area (Å²) in [6, 6.07) is 20.6. The van der Waals surface area contributed by atoms with Gasteiger partial charge in [-0.3, -0.25) is 0 Å². The summed E-state index contributed by atoms with van der Waals surface area (Å²) in [5.74, 6) is 0. The number of hydrogen-bond acceptors (Lipinski definition) is 3. The molecule has 124 valence electrons. The van der Waals surface area contributed by atoms with E-state index in [0.717, 1.165) is 31.1 Å². The van der Waals surface area contributed by atoms with Crippen LogP contribution >= 0.6 is 0 Å². The molecular formula is C20H23N3O. The maximum absolute atomic E-state index is 5.53. The quantitative estimate of drug-likeness (QED) is 0.687. The first kappa shape index (κ1) is 16.4. The second-order valence-electron chi connectivity index (χ2n) is 5.60. The molecule has 0 saturated heterocycles. The highest BCUT2D eigenvalue weighted by atomic mass is 16.5. The Balaban J connectivity index is 1.57. The van der Waals surface area contributed by atoms with Crippen LogP contribution in [-0.2, 0) is 24.4 Å². The number of nitrogens with zero attached hydrogens (tertiary/aromatic N) is 2. The van der Waals surface area contributed by atoms with Gasteiger partial charge in [0.05, 0.1) is 18.0 Å². The minimum absolute atomic E-state index is 0.664. The minimum atomic E-state index is 0.664. The number of rotatable bonds is 8. The Bertz CT molecular complexity index is 752. The number of hydrogen-bond donors (Lipinski definition) is 1. The molecule has 3 aromatic rings. The van der Waals surface area contributed by atoms with Crippen LogP contribution in [0.3, 0.4) is 0 Å². The highest BCUT2D eigenvalue weighted by molar-refractivity contribution is 5.30. The molecular weight excluding hydrogens is 298 g/mol. The normalized spacial score (nSPS) is 10.9. The van der Waals surface area contributed by atoms with Crippen molar-refractivity contribution in [2.75, 3.05) is 6.61 Å². The van der Waals surface area contributed by atoms with Crippen molar-refractivity contribution in [3.8, 4) is 5.69 Å². The number of nitrogens with one attached hydrogen (secondary N) is 1. The number of benzene rings is 2. The number of aromatic nitrogens is 2. The third-order valence-electron chi connectivity index (χ3n) is 3.87. The van der Waals surface area contributed by atoms with E-state index in [-0.39, 0.29) is 0 Å². The molecule has 0 saturated carbocycles. The zero-order valence-electron chi connectivity index (χ0n) is 14.0. The third-order valence-corrected chi connectivity index (χ3v) is 3.87. The van der Waals surface area contributed by atoms with Crippen LogP contribution in [0.25, 0.3) is 5.69 Å². The van der Waals surface area contributed by atoms with Crippen LogP contribution in [0, 0.1) is 0 Å². The number of para-hydroxylation sites is 1. The topological polar surface area (TPSA) is 39.1 Å². The van der Waals surface area contributed by atoms with Crippen molar-refractivity contribution in [2.45, 2.75) is 26.6 Å². The van der Waals surface area contributed by atoms with E-state index < -0.39 is 0 Å². The van der Waals surface area contributed by atoms with Gasteiger partial charge in [-0.05, 0) is 36.2 Å². The maximum Gasteiger partial charge on any atom is 0.0766 e. The van der Waals surface area contributed by atoms with Crippen molar-refractivity contribution in [2.24, 2.45) is 0 Å². The molecule has 0 radical (unpaired) electrons. The van der Waals surface area contributed by atoms with Gasteiger partial charge in [0, 0.05) is 25.9 Å². The first-order chi connectivity index (χ1) is 11.9. The van der Waals surface area contributed by atoms with Crippen LogP contribution in [0.5, 0.6) is 0 Å². The molecule has 0 spiro atoms. The summed E-state index contributed by atoms with van der Waals surface area (Å²) in [6.45, 7) is 4.96. The lowest BCUT2D eigenvalue weighted by Gasteiger charge is -2.10. The highest BCUT2D eigenvalue weighted by Gasteiger charge is 2.04. The fourth-order valence-corrected chi connectivity index (χ4v) is 2.59. The molecule has 0 aliphatic rings. The van der Waals surface area contributed by atoms with E-state index in [2.05, 4.69) is 34.7 Å². The molecule has 0 aliphatic carbocycles. The Hall–Kier alpha value is -2.43. The van der Waals surface area contributed by atoms with Gasteiger partial charge in [0.1, 0.15) is 0 Å². The fourth-order valence-electron chi connectivity index (χ4n) is 2.59. The second kappa shape index (κ2) is 8.43. The van der Waals surface area contributed by atoms with Crippen LogP contribution in [0.2, 0.25) is 0 Å². The van der Waals surface area contributed by atoms with Crippen molar-refractivity contribution in [3.05, 3.63) is 83.7 Å². The molecule has 0 bridgehead atoms. The van der Waals surface area contributed by atoms with Gasteiger partial charge in [-0.25, -0.2) is 4.68 Å². The molecule has 0 unspecified atom stereocenters. The molecule has 4 heteroatoms. The fraction of sp³-hybridized carbons (Fsp3) is 0.250. The lowest BCUT2D eigenvalue weighted by molar-refractivity contribution is 0.133. The maximum atomic E-state index is 5.53. The molecule has 1 aromatic heterocycles. The monoisotopic (exact) mass is 321 g/mol. The van der Waals surface area contributed by atoms with Crippen molar-refractivity contribution in [3.63, 3.8) is 0 Å². The zero-order valence-corrected chi connectivity index (χ0v) is 14.0. The smallest absolute Gasteiger partial charge is 0.0766 e. The summed E-state index contributed by atoms with van der Waals surface area (Å²) >= 11 is 0. The Labute approximate surface area is 143 Å². The average Bonchev–Trinajstić information content (AvgIpc) is 3.10. The van der Waals surface area contributed by atoms with Crippen LogP contribution in [-0.4, -0.2) is 16.4 Å². The van der Waals surface area contributed by atoms with E-state index in [1.54, 1.807) is 0 Å². The largest absolute Gasteiger partial charge is 0.377 e. The van der Waals surface area contributed by atoms with Gasteiger partial charge in [-0.15, -0.1) is 0 Å². The van der Waals surface area contributed by atoms with Crippen molar-refractivity contribution >= 4 is 0 Å². The standard InChI is InChI=1S/C20H23N3O/c1-2-24-16-18-9-7-6-8-17(18)14-21-15-19-12-13-23(22-19)20-10-4-3-5-11-20/h3-13,21H,2,14-16H2,1H3. The molecule has 2 aromatic carbocycles. The predicted octanol–water partition coefficient (Wildman–Crippen LogP) is 3.70. The van der Waals surface area contributed by atoms with Gasteiger partial charge in [-0.1, -0.05) is 42.5 Å². The molecule has 0 atom stereocenters. The summed E-state index contributed by atoms with van der Waals surface area (Å²) in [6.07, 6.45) is 2.00. The summed E-state index contributed by atoms with van der Waals surface area (Å²) in [5.41, 5.74) is 4.61. The lowest BCUT2D eigenvalue weighted by atomic mass is 10.1.